The standard InChI is InChI=1S/C18H24N2O/c1-17(2,14-8-9-16(21)20-13-14)10-11-18(3,4)15-7-5-6-12-19-15/h5-9,12-13H,10-11H2,1-4H3,(H,20,21). The molecule has 21 heavy (non-hydrogen) atoms. The Morgan fingerprint density at radius 3 is 2.29 bits per heavy atom. The number of hydrogen-bond acceptors (Lipinski definition) is 2. The number of hydrogen-bond donors (Lipinski definition) is 1. The van der Waals surface area contributed by atoms with Crippen molar-refractivity contribution in [1.82, 2.24) is 9.97 Å². The number of nitrogens with zero attached hydrogens (tertiary/aromatic N) is 1. The third-order valence-corrected chi connectivity index (χ3v) is 4.30. The molecule has 0 fully saturated rings. The van der Waals surface area contributed by atoms with Crippen LogP contribution in [0.5, 0.6) is 0 Å². The van der Waals surface area contributed by atoms with E-state index in [1.807, 2.05) is 30.6 Å². The van der Waals surface area contributed by atoms with E-state index in [0.29, 0.717) is 0 Å². The van der Waals surface area contributed by atoms with E-state index in [9.17, 15) is 4.79 Å². The highest BCUT2D eigenvalue weighted by Crippen LogP contribution is 2.34. The predicted molar refractivity (Wildman–Crippen MR) is 86.6 cm³/mol. The topological polar surface area (TPSA) is 45.8 Å². The summed E-state index contributed by atoms with van der Waals surface area (Å²) in [6, 6.07) is 9.60. The molecule has 0 radical (unpaired) electrons. The third kappa shape index (κ3) is 3.81. The van der Waals surface area contributed by atoms with Gasteiger partial charge in [-0.15, -0.1) is 0 Å². The van der Waals surface area contributed by atoms with E-state index >= 15 is 0 Å². The maximum absolute atomic E-state index is 11.2. The highest BCUT2D eigenvalue weighted by atomic mass is 16.1. The minimum atomic E-state index is -0.0524. The molecule has 0 saturated heterocycles. The first-order chi connectivity index (χ1) is 9.81. The maximum atomic E-state index is 11.2. The van der Waals surface area contributed by atoms with Crippen molar-refractivity contribution in [3.63, 3.8) is 0 Å². The molecule has 0 aliphatic heterocycles. The number of aromatic amines is 1. The lowest BCUT2D eigenvalue weighted by atomic mass is 9.74. The van der Waals surface area contributed by atoms with Gasteiger partial charge in [-0.05, 0) is 36.0 Å². The lowest BCUT2D eigenvalue weighted by molar-refractivity contribution is 0.368. The zero-order chi connectivity index (χ0) is 15.5. The van der Waals surface area contributed by atoms with Gasteiger partial charge < -0.3 is 4.98 Å². The highest BCUT2D eigenvalue weighted by Gasteiger charge is 2.27. The molecule has 0 bridgehead atoms. The Kier molecular flexibility index (Phi) is 4.31. The molecule has 0 saturated carbocycles. The molecule has 112 valence electrons. The van der Waals surface area contributed by atoms with E-state index in [1.165, 1.54) is 5.56 Å². The first-order valence-corrected chi connectivity index (χ1v) is 7.42. The molecule has 0 aromatic carbocycles. The summed E-state index contributed by atoms with van der Waals surface area (Å²) < 4.78 is 0. The second kappa shape index (κ2) is 5.84. The minimum absolute atomic E-state index is 0.0241. The van der Waals surface area contributed by atoms with Crippen LogP contribution in [0.4, 0.5) is 0 Å². The van der Waals surface area contributed by atoms with Crippen LogP contribution in [0, 0.1) is 0 Å². The molecule has 0 spiro atoms. The molecule has 3 heteroatoms. The first kappa shape index (κ1) is 15.5. The molecular formula is C18H24N2O. The summed E-state index contributed by atoms with van der Waals surface area (Å²) in [7, 11) is 0. The molecular weight excluding hydrogens is 260 g/mol. The van der Waals surface area contributed by atoms with Crippen LogP contribution in [-0.4, -0.2) is 9.97 Å². The molecule has 2 aromatic heterocycles. The van der Waals surface area contributed by atoms with E-state index in [4.69, 9.17) is 0 Å². The van der Waals surface area contributed by atoms with Crippen LogP contribution in [0.15, 0.2) is 47.5 Å². The zero-order valence-electron chi connectivity index (χ0n) is 13.3. The smallest absolute Gasteiger partial charge is 0.247 e. The number of rotatable bonds is 5. The molecule has 0 unspecified atom stereocenters. The number of aromatic nitrogens is 2. The van der Waals surface area contributed by atoms with Crippen LogP contribution in [0.25, 0.3) is 0 Å². The van der Waals surface area contributed by atoms with Gasteiger partial charge in [0.05, 0.1) is 0 Å². The van der Waals surface area contributed by atoms with Crippen LogP contribution in [0.1, 0.15) is 51.8 Å². The van der Waals surface area contributed by atoms with E-state index in [-0.39, 0.29) is 16.4 Å². The van der Waals surface area contributed by atoms with Gasteiger partial charge in [0.2, 0.25) is 5.56 Å². The van der Waals surface area contributed by atoms with Crippen LogP contribution >= 0.6 is 0 Å². The van der Waals surface area contributed by atoms with Crippen molar-refractivity contribution in [2.75, 3.05) is 0 Å². The average molecular weight is 284 g/mol. The summed E-state index contributed by atoms with van der Waals surface area (Å²) in [5.74, 6) is 0. The Morgan fingerprint density at radius 2 is 1.71 bits per heavy atom. The van der Waals surface area contributed by atoms with Crippen molar-refractivity contribution in [1.29, 1.82) is 0 Å². The number of nitrogens with one attached hydrogen (secondary N) is 1. The minimum Gasteiger partial charge on any atom is -0.329 e. The van der Waals surface area contributed by atoms with Crippen LogP contribution < -0.4 is 5.56 Å². The highest BCUT2D eigenvalue weighted by molar-refractivity contribution is 5.20. The van der Waals surface area contributed by atoms with Gasteiger partial charge in [0.25, 0.3) is 0 Å². The second-order valence-corrected chi connectivity index (χ2v) is 6.92. The van der Waals surface area contributed by atoms with Gasteiger partial charge in [0.1, 0.15) is 0 Å². The van der Waals surface area contributed by atoms with E-state index in [2.05, 4.69) is 43.7 Å². The van der Waals surface area contributed by atoms with Crippen molar-refractivity contribution in [3.8, 4) is 0 Å². The van der Waals surface area contributed by atoms with Crippen molar-refractivity contribution in [2.24, 2.45) is 0 Å². The lowest BCUT2D eigenvalue weighted by Crippen LogP contribution is -2.25. The summed E-state index contributed by atoms with van der Waals surface area (Å²) in [4.78, 5) is 18.4. The summed E-state index contributed by atoms with van der Waals surface area (Å²) in [6.45, 7) is 8.90. The lowest BCUT2D eigenvalue weighted by Gasteiger charge is -2.31. The summed E-state index contributed by atoms with van der Waals surface area (Å²) >= 11 is 0. The van der Waals surface area contributed by atoms with Gasteiger partial charge in [0.15, 0.2) is 0 Å². The Morgan fingerprint density at radius 1 is 1.00 bits per heavy atom. The molecule has 0 aliphatic carbocycles. The Bertz CT molecular complexity index is 621. The molecule has 3 nitrogen and oxygen atoms in total. The fourth-order valence-corrected chi connectivity index (χ4v) is 2.49. The van der Waals surface area contributed by atoms with Crippen molar-refractivity contribution < 1.29 is 0 Å². The molecule has 0 aliphatic rings. The zero-order valence-corrected chi connectivity index (χ0v) is 13.3. The molecule has 2 rings (SSSR count). The largest absolute Gasteiger partial charge is 0.329 e. The SMILES string of the molecule is CC(C)(CCC(C)(C)c1ccccn1)c1ccc(=O)[nH]c1. The van der Waals surface area contributed by atoms with Crippen molar-refractivity contribution >= 4 is 0 Å². The molecule has 0 atom stereocenters. The second-order valence-electron chi connectivity index (χ2n) is 6.92. The number of pyridine rings is 2. The fraction of sp³-hybridized carbons (Fsp3) is 0.444. The van der Waals surface area contributed by atoms with Gasteiger partial charge in [-0.1, -0.05) is 39.8 Å². The van der Waals surface area contributed by atoms with E-state index in [1.54, 1.807) is 6.07 Å². The van der Waals surface area contributed by atoms with Gasteiger partial charge in [-0.3, -0.25) is 9.78 Å². The van der Waals surface area contributed by atoms with Gasteiger partial charge in [0, 0.05) is 29.6 Å². The van der Waals surface area contributed by atoms with Crippen LogP contribution in [0.3, 0.4) is 0 Å². The maximum Gasteiger partial charge on any atom is 0.247 e. The molecule has 1 N–H and O–H groups in total. The number of H-pyrrole nitrogens is 1. The van der Waals surface area contributed by atoms with Crippen molar-refractivity contribution in [3.05, 3.63) is 64.3 Å². The first-order valence-electron chi connectivity index (χ1n) is 7.42. The Labute approximate surface area is 126 Å². The van der Waals surface area contributed by atoms with Crippen LogP contribution in [0.2, 0.25) is 0 Å². The molecule has 2 heterocycles. The van der Waals surface area contributed by atoms with E-state index < -0.39 is 0 Å². The summed E-state index contributed by atoms with van der Waals surface area (Å²) in [6.07, 6.45) is 5.75. The predicted octanol–water partition coefficient (Wildman–Crippen LogP) is 3.81. The third-order valence-electron chi connectivity index (χ3n) is 4.30. The Hall–Kier alpha value is -1.90. The van der Waals surface area contributed by atoms with Gasteiger partial charge >= 0.3 is 0 Å². The van der Waals surface area contributed by atoms with E-state index in [0.717, 1.165) is 18.5 Å². The van der Waals surface area contributed by atoms with Gasteiger partial charge in [-0.25, -0.2) is 0 Å². The monoisotopic (exact) mass is 284 g/mol. The van der Waals surface area contributed by atoms with Crippen molar-refractivity contribution in [2.45, 2.75) is 51.4 Å². The summed E-state index contributed by atoms with van der Waals surface area (Å²) in [5, 5.41) is 0. The van der Waals surface area contributed by atoms with Gasteiger partial charge in [-0.2, -0.15) is 0 Å². The fourth-order valence-electron chi connectivity index (χ4n) is 2.49. The Balaban J connectivity index is 2.11. The average Bonchev–Trinajstić information content (AvgIpc) is 2.47. The summed E-state index contributed by atoms with van der Waals surface area (Å²) in [5.41, 5.74) is 2.31. The molecule has 0 amide bonds. The molecule has 2 aromatic rings. The normalized spacial score (nSPS) is 12.4. The van der Waals surface area contributed by atoms with Crippen LogP contribution in [-0.2, 0) is 10.8 Å². The quantitative estimate of drug-likeness (QED) is 0.907.